The lowest BCUT2D eigenvalue weighted by molar-refractivity contribution is 0.641. The minimum absolute atomic E-state index is 0.129. The molecule has 0 fully saturated rings. The first-order chi connectivity index (χ1) is 26.9. The van der Waals surface area contributed by atoms with Gasteiger partial charge in [-0.1, -0.05) is 153 Å². The Kier molecular flexibility index (Phi) is 7.60. The summed E-state index contributed by atoms with van der Waals surface area (Å²) in [5.41, 5.74) is 16.0. The molecule has 10 rings (SSSR count). The van der Waals surface area contributed by atoms with Gasteiger partial charge in [-0.2, -0.15) is 0 Å². The second kappa shape index (κ2) is 12.7. The van der Waals surface area contributed by atoms with E-state index in [0.29, 0.717) is 5.39 Å². The van der Waals surface area contributed by atoms with E-state index in [1.807, 2.05) is 30.3 Å². The van der Waals surface area contributed by atoms with E-state index in [9.17, 15) is 0 Å². The number of anilines is 3. The van der Waals surface area contributed by atoms with Crippen molar-refractivity contribution in [1.82, 2.24) is 4.57 Å². The van der Waals surface area contributed by atoms with Gasteiger partial charge in [0.2, 0.25) is 0 Å². The van der Waals surface area contributed by atoms with Crippen LogP contribution in [-0.4, -0.2) is 4.57 Å². The van der Waals surface area contributed by atoms with Gasteiger partial charge in [-0.15, -0.1) is 0 Å². The predicted octanol–water partition coefficient (Wildman–Crippen LogP) is 14.2. The summed E-state index contributed by atoms with van der Waals surface area (Å²) in [5.74, 6) is -0.210. The molecule has 3 heteroatoms. The monoisotopic (exact) mass is 710 g/mol. The highest BCUT2D eigenvalue weighted by Gasteiger charge is 2.35. The van der Waals surface area contributed by atoms with Gasteiger partial charge in [0, 0.05) is 51.2 Å². The van der Waals surface area contributed by atoms with Crippen LogP contribution in [0.4, 0.5) is 21.5 Å². The molecule has 1 heterocycles. The van der Waals surface area contributed by atoms with Crippen LogP contribution in [0.5, 0.6) is 0 Å². The zero-order valence-electron chi connectivity index (χ0n) is 31.1. The maximum absolute atomic E-state index is 15.9. The normalized spacial score (nSPS) is 12.9. The van der Waals surface area contributed by atoms with Gasteiger partial charge in [-0.05, 0) is 87.0 Å². The van der Waals surface area contributed by atoms with Crippen LogP contribution < -0.4 is 4.90 Å². The largest absolute Gasteiger partial charge is 0.343 e. The first-order valence-corrected chi connectivity index (χ1v) is 18.9. The van der Waals surface area contributed by atoms with E-state index in [2.05, 4.69) is 176 Å². The summed E-state index contributed by atoms with van der Waals surface area (Å²) >= 11 is 0. The number of benzene rings is 8. The number of rotatable bonds is 6. The Labute approximate surface area is 321 Å². The standard InChI is InChI=1S/C52H39FN2/c1-52(2)46-21-13-12-18-41(46)42-31-30-40(32-47(42)52)55(38-26-22-35(23-27-38)34-14-6-4-7-15-34)39-28-24-36(25-29-39)49-45-33-48(53)43-19-10-11-20-44(43)51(45)54(3)50(49)37-16-8-5-9-17-37/h4-33H,1-3H3. The van der Waals surface area contributed by atoms with Crippen molar-refractivity contribution in [2.24, 2.45) is 7.05 Å². The van der Waals surface area contributed by atoms with Gasteiger partial charge in [-0.25, -0.2) is 4.39 Å². The Balaban J connectivity index is 1.14. The van der Waals surface area contributed by atoms with Crippen LogP contribution in [0.3, 0.4) is 0 Å². The maximum Gasteiger partial charge on any atom is 0.131 e. The Morgan fingerprint density at radius 2 is 0.982 bits per heavy atom. The van der Waals surface area contributed by atoms with Crippen LogP contribution in [0.2, 0.25) is 0 Å². The third kappa shape index (κ3) is 5.22. The van der Waals surface area contributed by atoms with Gasteiger partial charge in [0.15, 0.2) is 0 Å². The third-order valence-corrected chi connectivity index (χ3v) is 11.7. The minimum atomic E-state index is -0.210. The molecule has 8 aromatic carbocycles. The highest BCUT2D eigenvalue weighted by molar-refractivity contribution is 6.15. The van der Waals surface area contributed by atoms with Crippen molar-refractivity contribution in [1.29, 1.82) is 0 Å². The molecule has 0 saturated carbocycles. The molecule has 0 amide bonds. The van der Waals surface area contributed by atoms with Gasteiger partial charge in [0.1, 0.15) is 5.82 Å². The van der Waals surface area contributed by atoms with Gasteiger partial charge in [0.25, 0.3) is 0 Å². The highest BCUT2D eigenvalue weighted by atomic mass is 19.1. The van der Waals surface area contributed by atoms with Crippen molar-refractivity contribution in [3.63, 3.8) is 0 Å². The van der Waals surface area contributed by atoms with Gasteiger partial charge in [0.05, 0.1) is 11.2 Å². The summed E-state index contributed by atoms with van der Waals surface area (Å²) < 4.78 is 18.1. The zero-order chi connectivity index (χ0) is 37.3. The number of nitrogens with zero attached hydrogens (tertiary/aromatic N) is 2. The van der Waals surface area contributed by atoms with Crippen LogP contribution in [-0.2, 0) is 12.5 Å². The minimum Gasteiger partial charge on any atom is -0.343 e. The second-order valence-corrected chi connectivity index (χ2v) is 15.1. The maximum atomic E-state index is 15.9. The summed E-state index contributed by atoms with van der Waals surface area (Å²) in [5, 5.41) is 2.44. The molecule has 55 heavy (non-hydrogen) atoms. The molecular formula is C52H39FN2. The Morgan fingerprint density at radius 1 is 0.455 bits per heavy atom. The molecule has 0 radical (unpaired) electrons. The molecule has 264 valence electrons. The summed E-state index contributed by atoms with van der Waals surface area (Å²) in [6.45, 7) is 4.66. The smallest absolute Gasteiger partial charge is 0.131 e. The molecule has 0 N–H and O–H groups in total. The summed E-state index contributed by atoms with van der Waals surface area (Å²) in [4.78, 5) is 2.35. The topological polar surface area (TPSA) is 8.17 Å². The molecule has 1 aliphatic rings. The molecule has 0 atom stereocenters. The number of aromatic nitrogens is 1. The predicted molar refractivity (Wildman–Crippen MR) is 229 cm³/mol. The van der Waals surface area contributed by atoms with Crippen molar-refractivity contribution < 1.29 is 4.39 Å². The van der Waals surface area contributed by atoms with E-state index in [1.54, 1.807) is 6.07 Å². The molecule has 0 unspecified atom stereocenters. The molecule has 1 aliphatic carbocycles. The van der Waals surface area contributed by atoms with Gasteiger partial charge in [-0.3, -0.25) is 0 Å². The fourth-order valence-corrected chi connectivity index (χ4v) is 8.99. The Morgan fingerprint density at radius 3 is 1.67 bits per heavy atom. The van der Waals surface area contributed by atoms with E-state index in [-0.39, 0.29) is 11.2 Å². The summed E-state index contributed by atoms with van der Waals surface area (Å²) in [6, 6.07) is 63.8. The van der Waals surface area contributed by atoms with Crippen molar-refractivity contribution in [3.8, 4) is 44.6 Å². The molecule has 0 bridgehead atoms. The number of halogens is 1. The van der Waals surface area contributed by atoms with E-state index in [4.69, 9.17) is 0 Å². The first kappa shape index (κ1) is 32.9. The zero-order valence-corrected chi connectivity index (χ0v) is 31.1. The SMILES string of the molecule is Cn1c(-c2ccccc2)c(-c2ccc(N(c3ccc(-c4ccccc4)cc3)c3ccc4c(c3)C(C)(C)c3ccccc3-4)cc2)c2cc(F)c3ccccc3c21. The quantitative estimate of drug-likeness (QED) is 0.167. The van der Waals surface area contributed by atoms with Crippen molar-refractivity contribution >= 4 is 38.7 Å². The lowest BCUT2D eigenvalue weighted by Gasteiger charge is -2.28. The molecular weight excluding hydrogens is 672 g/mol. The number of hydrogen-bond acceptors (Lipinski definition) is 1. The van der Waals surface area contributed by atoms with Crippen molar-refractivity contribution in [3.05, 3.63) is 199 Å². The van der Waals surface area contributed by atoms with Gasteiger partial charge < -0.3 is 9.47 Å². The average Bonchev–Trinajstić information content (AvgIpc) is 3.65. The number of hydrogen-bond donors (Lipinski definition) is 0. The molecule has 2 nitrogen and oxygen atoms in total. The number of fused-ring (bicyclic) bond motifs is 6. The van der Waals surface area contributed by atoms with Crippen molar-refractivity contribution in [2.45, 2.75) is 19.3 Å². The van der Waals surface area contributed by atoms with E-state index < -0.39 is 0 Å². The summed E-state index contributed by atoms with van der Waals surface area (Å²) in [6.07, 6.45) is 0. The van der Waals surface area contributed by atoms with E-state index in [1.165, 1.54) is 33.4 Å². The van der Waals surface area contributed by atoms with Crippen LogP contribution in [0.15, 0.2) is 182 Å². The fraction of sp³-hybridized carbons (Fsp3) is 0.0769. The molecule has 0 aliphatic heterocycles. The highest BCUT2D eigenvalue weighted by Crippen LogP contribution is 2.51. The van der Waals surface area contributed by atoms with Crippen LogP contribution in [0.25, 0.3) is 66.3 Å². The van der Waals surface area contributed by atoms with Crippen molar-refractivity contribution in [2.75, 3.05) is 4.90 Å². The second-order valence-electron chi connectivity index (χ2n) is 15.1. The van der Waals surface area contributed by atoms with Crippen LogP contribution in [0.1, 0.15) is 25.0 Å². The lowest BCUT2D eigenvalue weighted by atomic mass is 9.82. The number of aryl methyl sites for hydroxylation is 1. The lowest BCUT2D eigenvalue weighted by Crippen LogP contribution is -2.16. The molecule has 9 aromatic rings. The van der Waals surface area contributed by atoms with E-state index in [0.717, 1.165) is 55.7 Å². The van der Waals surface area contributed by atoms with Crippen LogP contribution in [0, 0.1) is 5.82 Å². The average molecular weight is 711 g/mol. The van der Waals surface area contributed by atoms with Gasteiger partial charge >= 0.3 is 0 Å². The van der Waals surface area contributed by atoms with Crippen LogP contribution >= 0.6 is 0 Å². The first-order valence-electron chi connectivity index (χ1n) is 18.9. The molecule has 1 aromatic heterocycles. The molecule has 0 spiro atoms. The van der Waals surface area contributed by atoms with E-state index >= 15 is 4.39 Å². The third-order valence-electron chi connectivity index (χ3n) is 11.7. The Hall–Kier alpha value is -6.71. The Bertz CT molecular complexity index is 2890. The molecule has 0 saturated heterocycles. The summed E-state index contributed by atoms with van der Waals surface area (Å²) in [7, 11) is 2.10. The fourth-order valence-electron chi connectivity index (χ4n) is 8.99.